The highest BCUT2D eigenvalue weighted by atomic mass is 35.5. The Bertz CT molecular complexity index is 416. The second kappa shape index (κ2) is 5.38. The van der Waals surface area contributed by atoms with Gasteiger partial charge in [-0.15, -0.1) is 0 Å². The normalized spacial score (nSPS) is 16.8. The molecule has 0 bridgehead atoms. The first-order valence-electron chi connectivity index (χ1n) is 5.73. The van der Waals surface area contributed by atoms with Crippen molar-refractivity contribution in [3.05, 3.63) is 28.8 Å². The van der Waals surface area contributed by atoms with Gasteiger partial charge in [0.2, 0.25) is 5.91 Å². The number of carbonyl (C=O) groups is 1. The molecule has 17 heavy (non-hydrogen) atoms. The van der Waals surface area contributed by atoms with Crippen molar-refractivity contribution in [1.29, 1.82) is 0 Å². The van der Waals surface area contributed by atoms with Crippen molar-refractivity contribution in [3.8, 4) is 0 Å². The number of hydrogen-bond donors (Lipinski definition) is 3. The number of primary amides is 1. The molecule has 4 nitrogen and oxygen atoms in total. The molecule has 1 saturated heterocycles. The minimum atomic E-state index is -0.497. The number of piperidine rings is 1. The molecule has 0 radical (unpaired) electrons. The van der Waals surface area contributed by atoms with Gasteiger partial charge in [-0.3, -0.25) is 4.79 Å². The summed E-state index contributed by atoms with van der Waals surface area (Å²) in [5, 5.41) is 7.12. The summed E-state index contributed by atoms with van der Waals surface area (Å²) in [5.41, 5.74) is 6.50. The molecule has 0 aliphatic carbocycles. The molecule has 1 heterocycles. The first-order valence-corrected chi connectivity index (χ1v) is 6.11. The standard InChI is InChI=1S/C12H16ClN3O/c13-11-7-9(1-2-10(11)12(14)17)16-8-3-5-15-6-4-8/h1-2,7-8,15-16H,3-6H2,(H2,14,17). The Morgan fingerprint density at radius 2 is 2.12 bits per heavy atom. The molecule has 5 heteroatoms. The van der Waals surface area contributed by atoms with Gasteiger partial charge >= 0.3 is 0 Å². The maximum atomic E-state index is 11.0. The molecule has 1 aromatic carbocycles. The van der Waals surface area contributed by atoms with Gasteiger partial charge in [0.15, 0.2) is 0 Å². The summed E-state index contributed by atoms with van der Waals surface area (Å²) < 4.78 is 0. The number of anilines is 1. The molecular weight excluding hydrogens is 238 g/mol. The summed E-state index contributed by atoms with van der Waals surface area (Å²) in [6, 6.07) is 5.72. The number of nitrogens with one attached hydrogen (secondary N) is 2. The minimum Gasteiger partial charge on any atom is -0.382 e. The summed E-state index contributed by atoms with van der Waals surface area (Å²) in [5.74, 6) is -0.497. The van der Waals surface area contributed by atoms with Crippen LogP contribution in [0.1, 0.15) is 23.2 Å². The lowest BCUT2D eigenvalue weighted by Crippen LogP contribution is -2.35. The van der Waals surface area contributed by atoms with Gasteiger partial charge in [0.1, 0.15) is 0 Å². The van der Waals surface area contributed by atoms with E-state index in [1.165, 1.54) is 0 Å². The van der Waals surface area contributed by atoms with Gasteiger partial charge < -0.3 is 16.4 Å². The average molecular weight is 254 g/mol. The largest absolute Gasteiger partial charge is 0.382 e. The molecule has 1 fully saturated rings. The molecule has 4 N–H and O–H groups in total. The minimum absolute atomic E-state index is 0.363. The third-order valence-corrected chi connectivity index (χ3v) is 3.26. The molecule has 0 unspecified atom stereocenters. The summed E-state index contributed by atoms with van der Waals surface area (Å²) in [6.45, 7) is 2.07. The molecule has 1 amide bonds. The van der Waals surface area contributed by atoms with Crippen LogP contribution in [0.4, 0.5) is 5.69 Å². The fourth-order valence-corrected chi connectivity index (χ4v) is 2.28. The van der Waals surface area contributed by atoms with Gasteiger partial charge in [-0.05, 0) is 44.1 Å². The van der Waals surface area contributed by atoms with Crippen molar-refractivity contribution in [2.75, 3.05) is 18.4 Å². The Balaban J connectivity index is 2.06. The highest BCUT2D eigenvalue weighted by Crippen LogP contribution is 2.22. The zero-order valence-electron chi connectivity index (χ0n) is 9.50. The van der Waals surface area contributed by atoms with E-state index in [-0.39, 0.29) is 0 Å². The summed E-state index contributed by atoms with van der Waals surface area (Å²) in [6.07, 6.45) is 2.18. The van der Waals surface area contributed by atoms with Crippen LogP contribution < -0.4 is 16.4 Å². The van der Waals surface area contributed by atoms with Crippen LogP contribution in [0.2, 0.25) is 5.02 Å². The van der Waals surface area contributed by atoms with E-state index in [1.54, 1.807) is 12.1 Å². The van der Waals surface area contributed by atoms with Crippen LogP contribution in [0.15, 0.2) is 18.2 Å². The lowest BCUT2D eigenvalue weighted by molar-refractivity contribution is 0.100. The summed E-state index contributed by atoms with van der Waals surface area (Å²) >= 11 is 5.99. The Hall–Kier alpha value is -1.26. The van der Waals surface area contributed by atoms with E-state index in [9.17, 15) is 4.79 Å². The number of halogens is 1. The van der Waals surface area contributed by atoms with E-state index in [0.717, 1.165) is 31.6 Å². The third kappa shape index (κ3) is 3.11. The first kappa shape index (κ1) is 12.2. The Morgan fingerprint density at radius 3 is 2.71 bits per heavy atom. The smallest absolute Gasteiger partial charge is 0.250 e. The van der Waals surface area contributed by atoms with E-state index in [2.05, 4.69) is 10.6 Å². The van der Waals surface area contributed by atoms with Crippen LogP contribution in [0, 0.1) is 0 Å². The van der Waals surface area contributed by atoms with Crippen LogP contribution >= 0.6 is 11.6 Å². The Morgan fingerprint density at radius 1 is 1.41 bits per heavy atom. The fraction of sp³-hybridized carbons (Fsp3) is 0.417. The molecule has 0 aromatic heterocycles. The maximum absolute atomic E-state index is 11.0. The van der Waals surface area contributed by atoms with Gasteiger partial charge in [-0.2, -0.15) is 0 Å². The van der Waals surface area contributed by atoms with E-state index >= 15 is 0 Å². The SMILES string of the molecule is NC(=O)c1ccc(NC2CCNCC2)cc1Cl. The molecule has 0 atom stereocenters. The zero-order valence-corrected chi connectivity index (χ0v) is 10.3. The molecular formula is C12H16ClN3O. The third-order valence-electron chi connectivity index (χ3n) is 2.94. The second-order valence-electron chi connectivity index (χ2n) is 4.23. The second-order valence-corrected chi connectivity index (χ2v) is 4.63. The van der Waals surface area contributed by atoms with Gasteiger partial charge in [0.25, 0.3) is 0 Å². The topological polar surface area (TPSA) is 67.2 Å². The monoisotopic (exact) mass is 253 g/mol. The van der Waals surface area contributed by atoms with Gasteiger partial charge in [0.05, 0.1) is 10.6 Å². The number of carbonyl (C=O) groups excluding carboxylic acids is 1. The van der Waals surface area contributed by atoms with Crippen LogP contribution in [-0.2, 0) is 0 Å². The lowest BCUT2D eigenvalue weighted by Gasteiger charge is -2.24. The van der Waals surface area contributed by atoms with Crippen molar-refractivity contribution in [1.82, 2.24) is 5.32 Å². The zero-order chi connectivity index (χ0) is 12.3. The summed E-state index contributed by atoms with van der Waals surface area (Å²) in [7, 11) is 0. The lowest BCUT2D eigenvalue weighted by atomic mass is 10.1. The quantitative estimate of drug-likeness (QED) is 0.767. The van der Waals surface area contributed by atoms with Crippen molar-refractivity contribution in [3.63, 3.8) is 0 Å². The van der Waals surface area contributed by atoms with Gasteiger partial charge in [0, 0.05) is 11.7 Å². The highest BCUT2D eigenvalue weighted by Gasteiger charge is 2.13. The van der Waals surface area contributed by atoms with Crippen LogP contribution in [-0.4, -0.2) is 25.0 Å². The van der Waals surface area contributed by atoms with Crippen molar-refractivity contribution in [2.24, 2.45) is 5.73 Å². The first-order chi connectivity index (χ1) is 8.16. The van der Waals surface area contributed by atoms with Gasteiger partial charge in [-0.25, -0.2) is 0 Å². The molecule has 1 aliphatic rings. The molecule has 1 aromatic rings. The predicted octanol–water partition coefficient (Wildman–Crippen LogP) is 1.60. The molecule has 0 saturated carbocycles. The number of hydrogen-bond acceptors (Lipinski definition) is 3. The number of nitrogens with two attached hydrogens (primary N) is 1. The molecule has 92 valence electrons. The number of benzene rings is 1. The van der Waals surface area contributed by atoms with E-state index < -0.39 is 5.91 Å². The number of rotatable bonds is 3. The maximum Gasteiger partial charge on any atom is 0.250 e. The van der Waals surface area contributed by atoms with Crippen molar-refractivity contribution in [2.45, 2.75) is 18.9 Å². The molecule has 1 aliphatic heterocycles. The Labute approximate surface area is 106 Å². The average Bonchev–Trinajstić information content (AvgIpc) is 2.30. The molecule has 0 spiro atoms. The van der Waals surface area contributed by atoms with E-state index in [1.807, 2.05) is 6.07 Å². The van der Waals surface area contributed by atoms with Crippen LogP contribution in [0.5, 0.6) is 0 Å². The summed E-state index contributed by atoms with van der Waals surface area (Å²) in [4.78, 5) is 11.0. The van der Waals surface area contributed by atoms with Crippen molar-refractivity contribution >= 4 is 23.2 Å². The van der Waals surface area contributed by atoms with Crippen LogP contribution in [0.3, 0.4) is 0 Å². The predicted molar refractivity (Wildman–Crippen MR) is 69.5 cm³/mol. The van der Waals surface area contributed by atoms with E-state index in [4.69, 9.17) is 17.3 Å². The van der Waals surface area contributed by atoms with Crippen molar-refractivity contribution < 1.29 is 4.79 Å². The fourth-order valence-electron chi connectivity index (χ4n) is 2.01. The molecule has 2 rings (SSSR count). The Kier molecular flexibility index (Phi) is 3.86. The van der Waals surface area contributed by atoms with Gasteiger partial charge in [-0.1, -0.05) is 11.6 Å². The van der Waals surface area contributed by atoms with E-state index in [0.29, 0.717) is 16.6 Å². The number of amides is 1. The highest BCUT2D eigenvalue weighted by molar-refractivity contribution is 6.34. The van der Waals surface area contributed by atoms with Crippen LogP contribution in [0.25, 0.3) is 0 Å².